The molecule has 148 valence electrons. The summed E-state index contributed by atoms with van der Waals surface area (Å²) in [4.78, 5) is 13.7. The van der Waals surface area contributed by atoms with Crippen LogP contribution in [0.25, 0.3) is 11.0 Å². The number of rotatable bonds is 5. The van der Waals surface area contributed by atoms with Gasteiger partial charge in [-0.3, -0.25) is 4.98 Å². The first-order chi connectivity index (χ1) is 13.5. The Hall–Kier alpha value is -2.45. The summed E-state index contributed by atoms with van der Waals surface area (Å²) in [5.74, 6) is 0.400. The smallest absolute Gasteiger partial charge is 0.218 e. The summed E-state index contributed by atoms with van der Waals surface area (Å²) < 4.78 is 27.7. The van der Waals surface area contributed by atoms with Crippen LogP contribution in [0.4, 0.5) is 5.69 Å². The molecule has 1 saturated heterocycles. The van der Waals surface area contributed by atoms with E-state index in [-0.39, 0.29) is 11.8 Å². The number of pyridine rings is 2. The van der Waals surface area contributed by atoms with Crippen molar-refractivity contribution in [1.82, 2.24) is 19.3 Å². The van der Waals surface area contributed by atoms with E-state index in [2.05, 4.69) is 26.8 Å². The molecule has 1 N–H and O–H groups in total. The summed E-state index contributed by atoms with van der Waals surface area (Å²) >= 11 is 0. The van der Waals surface area contributed by atoms with Crippen molar-refractivity contribution in [2.45, 2.75) is 25.1 Å². The molecule has 0 bridgehead atoms. The fourth-order valence-electron chi connectivity index (χ4n) is 3.99. The molecule has 0 radical (unpaired) electrons. The van der Waals surface area contributed by atoms with E-state index in [4.69, 9.17) is 0 Å². The third-order valence-corrected chi connectivity index (χ3v) is 7.50. The molecule has 4 rings (SSSR count). The Balaban J connectivity index is 1.57. The molecule has 0 saturated carbocycles. The Kier molecular flexibility index (Phi) is 5.07. The summed E-state index contributed by atoms with van der Waals surface area (Å²) in [5, 5.41) is 1.05. The van der Waals surface area contributed by atoms with E-state index < -0.39 is 10.0 Å². The number of H-pyrrole nitrogens is 1. The van der Waals surface area contributed by atoms with Crippen molar-refractivity contribution < 1.29 is 8.42 Å². The average molecular weight is 400 g/mol. The quantitative estimate of drug-likeness (QED) is 0.713. The summed E-state index contributed by atoms with van der Waals surface area (Å²) in [6, 6.07) is 7.62. The molecule has 4 heterocycles. The highest BCUT2D eigenvalue weighted by Crippen LogP contribution is 2.31. The standard InChI is InChI=1S/C20H25N5O2S/c1-15-7-12-25(28(26,27)14-16-3-8-21-9-4-16)13-19(15)24(2)18-6-11-23-20-17(18)5-10-22-20/h3-6,8-11,15,19H,7,12-14H2,1-2H3,(H,22,23)/t15-,19+/m1/s1. The van der Waals surface area contributed by atoms with Crippen LogP contribution in [-0.4, -0.2) is 53.9 Å². The number of aromatic nitrogens is 3. The molecule has 1 aliphatic heterocycles. The normalized spacial score (nSPS) is 21.1. The number of aromatic amines is 1. The van der Waals surface area contributed by atoms with Crippen LogP contribution in [-0.2, 0) is 15.8 Å². The predicted octanol–water partition coefficient (Wildman–Crippen LogP) is 2.63. The van der Waals surface area contributed by atoms with Crippen molar-refractivity contribution in [3.8, 4) is 0 Å². The van der Waals surface area contributed by atoms with E-state index >= 15 is 0 Å². The highest BCUT2D eigenvalue weighted by Gasteiger charge is 2.35. The molecule has 7 nitrogen and oxygen atoms in total. The minimum absolute atomic E-state index is 0.0116. The van der Waals surface area contributed by atoms with Crippen LogP contribution in [0.1, 0.15) is 18.9 Å². The van der Waals surface area contributed by atoms with Crippen LogP contribution in [0, 0.1) is 5.92 Å². The number of hydrogen-bond donors (Lipinski definition) is 1. The topological polar surface area (TPSA) is 82.2 Å². The maximum Gasteiger partial charge on any atom is 0.218 e. The zero-order chi connectivity index (χ0) is 19.7. The molecule has 1 aliphatic rings. The highest BCUT2D eigenvalue weighted by molar-refractivity contribution is 7.88. The van der Waals surface area contributed by atoms with E-state index in [0.717, 1.165) is 28.7 Å². The van der Waals surface area contributed by atoms with Gasteiger partial charge in [0.05, 0.1) is 5.75 Å². The van der Waals surface area contributed by atoms with Gasteiger partial charge in [0.25, 0.3) is 0 Å². The lowest BCUT2D eigenvalue weighted by Gasteiger charge is -2.42. The first-order valence-corrected chi connectivity index (χ1v) is 11.1. The largest absolute Gasteiger partial charge is 0.369 e. The number of fused-ring (bicyclic) bond motifs is 1. The Morgan fingerprint density at radius 2 is 2.00 bits per heavy atom. The fourth-order valence-corrected chi connectivity index (χ4v) is 5.55. The van der Waals surface area contributed by atoms with Crippen LogP contribution in [0.2, 0.25) is 0 Å². The third-order valence-electron chi connectivity index (χ3n) is 5.69. The molecular formula is C20H25N5O2S. The summed E-state index contributed by atoms with van der Waals surface area (Å²) in [7, 11) is -1.34. The second kappa shape index (κ2) is 7.52. The maximum absolute atomic E-state index is 13.0. The van der Waals surface area contributed by atoms with Gasteiger partial charge in [-0.05, 0) is 42.2 Å². The molecule has 1 fully saturated rings. The van der Waals surface area contributed by atoms with Gasteiger partial charge in [-0.2, -0.15) is 4.31 Å². The Bertz CT molecular complexity index is 1050. The van der Waals surface area contributed by atoms with Crippen molar-refractivity contribution in [2.75, 3.05) is 25.0 Å². The first-order valence-electron chi connectivity index (χ1n) is 9.47. The first kappa shape index (κ1) is 18.9. The van der Waals surface area contributed by atoms with Crippen LogP contribution in [0.5, 0.6) is 0 Å². The molecule has 0 aliphatic carbocycles. The fraction of sp³-hybridized carbons (Fsp3) is 0.400. The molecule has 28 heavy (non-hydrogen) atoms. The molecule has 3 aromatic heterocycles. The van der Waals surface area contributed by atoms with Crippen molar-refractivity contribution >= 4 is 26.7 Å². The van der Waals surface area contributed by atoms with E-state index in [0.29, 0.717) is 19.0 Å². The second-order valence-electron chi connectivity index (χ2n) is 7.48. The lowest BCUT2D eigenvalue weighted by atomic mass is 9.93. The predicted molar refractivity (Wildman–Crippen MR) is 110 cm³/mol. The zero-order valence-corrected chi connectivity index (χ0v) is 16.9. The molecule has 0 spiro atoms. The number of sulfonamides is 1. The second-order valence-corrected chi connectivity index (χ2v) is 9.45. The minimum Gasteiger partial charge on any atom is -0.369 e. The van der Waals surface area contributed by atoms with Gasteiger partial charge in [0, 0.05) is 62.0 Å². The van der Waals surface area contributed by atoms with Gasteiger partial charge >= 0.3 is 0 Å². The van der Waals surface area contributed by atoms with Crippen LogP contribution >= 0.6 is 0 Å². The van der Waals surface area contributed by atoms with Crippen molar-refractivity contribution in [2.24, 2.45) is 5.92 Å². The van der Waals surface area contributed by atoms with Gasteiger partial charge < -0.3 is 9.88 Å². The van der Waals surface area contributed by atoms with Crippen molar-refractivity contribution in [3.63, 3.8) is 0 Å². The molecule has 8 heteroatoms. The number of nitrogens with one attached hydrogen (secondary N) is 1. The van der Waals surface area contributed by atoms with Crippen LogP contribution < -0.4 is 4.90 Å². The Labute approximate surface area is 165 Å². The monoisotopic (exact) mass is 399 g/mol. The summed E-state index contributed by atoms with van der Waals surface area (Å²) in [6.45, 7) is 3.25. The van der Waals surface area contributed by atoms with Crippen molar-refractivity contribution in [1.29, 1.82) is 0 Å². The lowest BCUT2D eigenvalue weighted by Crippen LogP contribution is -2.52. The van der Waals surface area contributed by atoms with E-state index in [1.807, 2.05) is 25.4 Å². The van der Waals surface area contributed by atoms with E-state index in [9.17, 15) is 8.42 Å². The molecule has 0 unspecified atom stereocenters. The van der Waals surface area contributed by atoms with Gasteiger partial charge in [-0.15, -0.1) is 0 Å². The lowest BCUT2D eigenvalue weighted by molar-refractivity contribution is 0.247. The zero-order valence-electron chi connectivity index (χ0n) is 16.1. The van der Waals surface area contributed by atoms with Crippen LogP contribution in [0.15, 0.2) is 49.1 Å². The third kappa shape index (κ3) is 3.62. The Morgan fingerprint density at radius 1 is 1.21 bits per heavy atom. The number of piperidine rings is 1. The maximum atomic E-state index is 13.0. The molecule has 0 amide bonds. The average Bonchev–Trinajstić information content (AvgIpc) is 3.17. The number of hydrogen-bond acceptors (Lipinski definition) is 5. The minimum atomic E-state index is -3.38. The highest BCUT2D eigenvalue weighted by atomic mass is 32.2. The number of likely N-dealkylation sites (N-methyl/N-ethyl adjacent to an activating group) is 1. The van der Waals surface area contributed by atoms with Gasteiger partial charge in [0.2, 0.25) is 10.0 Å². The van der Waals surface area contributed by atoms with E-state index in [1.165, 1.54) is 0 Å². The molecule has 2 atom stereocenters. The summed E-state index contributed by atoms with van der Waals surface area (Å²) in [6.07, 6.45) is 7.77. The number of anilines is 1. The van der Waals surface area contributed by atoms with Crippen molar-refractivity contribution in [3.05, 3.63) is 54.6 Å². The molecule has 3 aromatic rings. The molecule has 0 aromatic carbocycles. The van der Waals surface area contributed by atoms with Gasteiger partial charge in [-0.25, -0.2) is 13.4 Å². The molecular weight excluding hydrogens is 374 g/mol. The van der Waals surface area contributed by atoms with Gasteiger partial charge in [0.15, 0.2) is 0 Å². The SMILES string of the molecule is C[C@@H]1CCN(S(=O)(=O)Cc2ccncc2)C[C@@H]1N(C)c1ccnc2[nH]ccc12. The van der Waals surface area contributed by atoms with Gasteiger partial charge in [-0.1, -0.05) is 6.92 Å². The van der Waals surface area contributed by atoms with Crippen LogP contribution in [0.3, 0.4) is 0 Å². The van der Waals surface area contributed by atoms with E-state index in [1.54, 1.807) is 35.0 Å². The number of nitrogens with zero attached hydrogens (tertiary/aromatic N) is 4. The Morgan fingerprint density at radius 3 is 2.79 bits per heavy atom. The van der Waals surface area contributed by atoms with Gasteiger partial charge in [0.1, 0.15) is 5.65 Å². The summed E-state index contributed by atoms with van der Waals surface area (Å²) in [5.41, 5.74) is 2.67.